The second-order valence-corrected chi connectivity index (χ2v) is 9.02. The van der Waals surface area contributed by atoms with Crippen LogP contribution in [-0.4, -0.2) is 33.5 Å². The highest BCUT2D eigenvalue weighted by Gasteiger charge is 2.08. The number of nitrogens with one attached hydrogen (secondary N) is 3. The van der Waals surface area contributed by atoms with Crippen LogP contribution in [0.4, 0.5) is 0 Å². The predicted octanol–water partition coefficient (Wildman–Crippen LogP) is 2.29. The average Bonchev–Trinajstić information content (AvgIpc) is 2.94. The highest BCUT2D eigenvalue weighted by Crippen LogP contribution is 2.15. The van der Waals surface area contributed by atoms with Gasteiger partial charge in [-0.15, -0.1) is 35.3 Å². The van der Waals surface area contributed by atoms with Gasteiger partial charge in [-0.2, -0.15) is 0 Å². The summed E-state index contributed by atoms with van der Waals surface area (Å²) in [6.45, 7) is 5.29. The number of rotatable bonds is 7. The number of sulfonamides is 1. The maximum Gasteiger partial charge on any atom is 0.215 e. The fourth-order valence-electron chi connectivity index (χ4n) is 2.23. The number of guanidine groups is 1. The molecule has 150 valence electrons. The number of aryl methyl sites for hydroxylation is 2. The second-order valence-electron chi connectivity index (χ2n) is 5.81. The molecule has 0 aliphatic heterocycles. The lowest BCUT2D eigenvalue weighted by Crippen LogP contribution is -2.36. The molecule has 0 saturated heterocycles. The van der Waals surface area contributed by atoms with Crippen LogP contribution in [0, 0.1) is 13.8 Å². The molecule has 2 rings (SSSR count). The van der Waals surface area contributed by atoms with E-state index in [4.69, 9.17) is 0 Å². The van der Waals surface area contributed by atoms with E-state index in [-0.39, 0.29) is 29.7 Å². The third-order valence-electron chi connectivity index (χ3n) is 3.85. The SMILES string of the molecule is CN=C(NCc1ccc(CS(=O)(=O)NC)cc1)NCc1nc(C)c(C)s1.I. The highest BCUT2D eigenvalue weighted by atomic mass is 127. The molecule has 10 heteroatoms. The molecule has 0 aliphatic carbocycles. The molecule has 0 unspecified atom stereocenters. The molecule has 0 saturated carbocycles. The zero-order valence-corrected chi connectivity index (χ0v) is 19.8. The molecular formula is C17H26IN5O2S2. The van der Waals surface area contributed by atoms with Gasteiger partial charge in [0.2, 0.25) is 10.0 Å². The van der Waals surface area contributed by atoms with E-state index in [0.717, 1.165) is 21.8 Å². The van der Waals surface area contributed by atoms with Crippen molar-refractivity contribution in [2.45, 2.75) is 32.7 Å². The van der Waals surface area contributed by atoms with Gasteiger partial charge in [0.25, 0.3) is 0 Å². The molecule has 0 fully saturated rings. The van der Waals surface area contributed by atoms with Crippen LogP contribution in [-0.2, 0) is 28.9 Å². The van der Waals surface area contributed by atoms with E-state index in [1.54, 1.807) is 18.4 Å². The first-order valence-corrected chi connectivity index (χ1v) is 10.7. The smallest absolute Gasteiger partial charge is 0.215 e. The largest absolute Gasteiger partial charge is 0.352 e. The maximum atomic E-state index is 11.6. The van der Waals surface area contributed by atoms with Crippen molar-refractivity contribution in [3.8, 4) is 0 Å². The fourth-order valence-corrected chi connectivity index (χ4v) is 3.87. The molecule has 2 aromatic rings. The number of thiazole rings is 1. The van der Waals surface area contributed by atoms with Gasteiger partial charge in [0.1, 0.15) is 5.01 Å². The van der Waals surface area contributed by atoms with E-state index >= 15 is 0 Å². The van der Waals surface area contributed by atoms with Crippen LogP contribution in [0.15, 0.2) is 29.3 Å². The van der Waals surface area contributed by atoms with E-state index < -0.39 is 10.0 Å². The molecule has 1 aromatic carbocycles. The Bertz CT molecular complexity index is 844. The standard InChI is InChI=1S/C17H25N5O2S2.HI/c1-12-13(2)25-16(22-12)10-21-17(18-3)20-9-14-5-7-15(8-6-14)11-26(23,24)19-4;/h5-8,19H,9-11H2,1-4H3,(H2,18,20,21);1H. The molecule has 1 aromatic heterocycles. The van der Waals surface area contributed by atoms with Gasteiger partial charge in [-0.3, -0.25) is 4.99 Å². The summed E-state index contributed by atoms with van der Waals surface area (Å²) < 4.78 is 25.5. The first-order chi connectivity index (χ1) is 12.3. The molecule has 0 radical (unpaired) electrons. The van der Waals surface area contributed by atoms with Crippen molar-refractivity contribution in [2.24, 2.45) is 4.99 Å². The molecule has 0 aliphatic rings. The lowest BCUT2D eigenvalue weighted by atomic mass is 10.1. The lowest BCUT2D eigenvalue weighted by Gasteiger charge is -2.11. The number of aromatic nitrogens is 1. The summed E-state index contributed by atoms with van der Waals surface area (Å²) >= 11 is 1.68. The molecule has 0 amide bonds. The summed E-state index contributed by atoms with van der Waals surface area (Å²) in [5.41, 5.74) is 2.86. The lowest BCUT2D eigenvalue weighted by molar-refractivity contribution is 0.587. The van der Waals surface area contributed by atoms with Crippen molar-refractivity contribution in [2.75, 3.05) is 14.1 Å². The molecular weight excluding hydrogens is 497 g/mol. The van der Waals surface area contributed by atoms with Crippen molar-refractivity contribution in [1.29, 1.82) is 0 Å². The summed E-state index contributed by atoms with van der Waals surface area (Å²) in [5, 5.41) is 7.51. The van der Waals surface area contributed by atoms with Crippen LogP contribution in [0.1, 0.15) is 26.7 Å². The zero-order valence-electron chi connectivity index (χ0n) is 15.9. The predicted molar refractivity (Wildman–Crippen MR) is 122 cm³/mol. The van der Waals surface area contributed by atoms with E-state index in [2.05, 4.69) is 32.3 Å². The Balaban J connectivity index is 0.00000364. The number of hydrogen-bond acceptors (Lipinski definition) is 5. The first-order valence-electron chi connectivity index (χ1n) is 8.19. The van der Waals surface area contributed by atoms with Crippen LogP contribution < -0.4 is 15.4 Å². The summed E-state index contributed by atoms with van der Waals surface area (Å²) in [6.07, 6.45) is 0. The van der Waals surface area contributed by atoms with E-state index in [9.17, 15) is 8.42 Å². The quantitative estimate of drug-likeness (QED) is 0.294. The Morgan fingerprint density at radius 3 is 2.22 bits per heavy atom. The van der Waals surface area contributed by atoms with Gasteiger partial charge in [0.05, 0.1) is 18.0 Å². The molecule has 0 bridgehead atoms. The van der Waals surface area contributed by atoms with Crippen LogP contribution in [0.3, 0.4) is 0 Å². The molecule has 27 heavy (non-hydrogen) atoms. The van der Waals surface area contributed by atoms with E-state index in [1.807, 2.05) is 31.2 Å². The van der Waals surface area contributed by atoms with Gasteiger partial charge >= 0.3 is 0 Å². The van der Waals surface area contributed by atoms with Crippen molar-refractivity contribution >= 4 is 51.3 Å². The Morgan fingerprint density at radius 2 is 1.70 bits per heavy atom. The van der Waals surface area contributed by atoms with Gasteiger partial charge in [-0.1, -0.05) is 24.3 Å². The van der Waals surface area contributed by atoms with Crippen molar-refractivity contribution in [3.05, 3.63) is 51.0 Å². The van der Waals surface area contributed by atoms with Gasteiger partial charge in [-0.05, 0) is 32.0 Å². The van der Waals surface area contributed by atoms with Crippen LogP contribution in [0.25, 0.3) is 0 Å². The maximum absolute atomic E-state index is 11.6. The third kappa shape index (κ3) is 7.72. The third-order valence-corrected chi connectivity index (χ3v) is 6.26. The molecule has 7 nitrogen and oxygen atoms in total. The summed E-state index contributed by atoms with van der Waals surface area (Å²) in [5.74, 6) is 0.671. The Hall–Kier alpha value is -1.24. The Morgan fingerprint density at radius 1 is 1.11 bits per heavy atom. The zero-order chi connectivity index (χ0) is 19.2. The minimum atomic E-state index is -3.25. The van der Waals surface area contributed by atoms with Crippen molar-refractivity contribution in [3.63, 3.8) is 0 Å². The van der Waals surface area contributed by atoms with Crippen LogP contribution >= 0.6 is 35.3 Å². The highest BCUT2D eigenvalue weighted by molar-refractivity contribution is 14.0. The molecule has 3 N–H and O–H groups in total. The molecule has 1 heterocycles. The van der Waals surface area contributed by atoms with Gasteiger partial charge < -0.3 is 10.6 Å². The fraction of sp³-hybridized carbons (Fsp3) is 0.412. The van der Waals surface area contributed by atoms with Gasteiger partial charge in [0, 0.05) is 18.5 Å². The molecule has 0 spiro atoms. The molecule has 0 atom stereocenters. The van der Waals surface area contributed by atoms with Crippen molar-refractivity contribution in [1.82, 2.24) is 20.3 Å². The number of halogens is 1. The summed E-state index contributed by atoms with van der Waals surface area (Å²) in [4.78, 5) is 9.93. The monoisotopic (exact) mass is 523 g/mol. The average molecular weight is 523 g/mol. The van der Waals surface area contributed by atoms with E-state index in [1.165, 1.54) is 11.9 Å². The summed E-state index contributed by atoms with van der Waals surface area (Å²) in [7, 11) is -0.111. The first kappa shape index (κ1) is 23.8. The Kier molecular flexibility index (Phi) is 9.63. The number of benzene rings is 1. The Labute approximate surface area is 182 Å². The number of nitrogens with zero attached hydrogens (tertiary/aromatic N) is 2. The second kappa shape index (κ2) is 10.9. The summed E-state index contributed by atoms with van der Waals surface area (Å²) in [6, 6.07) is 7.47. The number of aliphatic imine (C=N–C) groups is 1. The van der Waals surface area contributed by atoms with Gasteiger partial charge in [-0.25, -0.2) is 18.1 Å². The van der Waals surface area contributed by atoms with Gasteiger partial charge in [0.15, 0.2) is 5.96 Å². The van der Waals surface area contributed by atoms with Crippen LogP contribution in [0.2, 0.25) is 0 Å². The minimum absolute atomic E-state index is 0. The number of hydrogen-bond donors (Lipinski definition) is 3. The van der Waals surface area contributed by atoms with E-state index in [0.29, 0.717) is 19.0 Å². The normalized spacial score (nSPS) is 11.8. The topological polar surface area (TPSA) is 95.5 Å². The van der Waals surface area contributed by atoms with Crippen molar-refractivity contribution < 1.29 is 8.42 Å². The van der Waals surface area contributed by atoms with Crippen LogP contribution in [0.5, 0.6) is 0 Å². The minimum Gasteiger partial charge on any atom is -0.352 e.